The fourth-order valence-corrected chi connectivity index (χ4v) is 3.08. The summed E-state index contributed by atoms with van der Waals surface area (Å²) >= 11 is 0. The van der Waals surface area contributed by atoms with Crippen molar-refractivity contribution < 1.29 is 28.6 Å². The Labute approximate surface area is 209 Å². The molecule has 2 N–H and O–H groups in total. The number of para-hydroxylation sites is 1. The number of amides is 2. The lowest BCUT2D eigenvalue weighted by Gasteiger charge is -2.09. The van der Waals surface area contributed by atoms with Crippen LogP contribution in [0.1, 0.15) is 38.8 Å². The van der Waals surface area contributed by atoms with E-state index in [-0.39, 0.29) is 19.1 Å². The summed E-state index contributed by atoms with van der Waals surface area (Å²) in [5, 5.41) is 6.50. The second-order valence-electron chi connectivity index (χ2n) is 7.45. The Morgan fingerprint density at radius 1 is 0.889 bits per heavy atom. The molecule has 0 radical (unpaired) electrons. The maximum absolute atomic E-state index is 12.2. The van der Waals surface area contributed by atoms with Crippen molar-refractivity contribution in [1.82, 2.24) is 10.7 Å². The van der Waals surface area contributed by atoms with Gasteiger partial charge in [-0.25, -0.2) is 10.2 Å². The van der Waals surface area contributed by atoms with Gasteiger partial charge >= 0.3 is 5.97 Å². The molecule has 0 atom stereocenters. The number of hydrazone groups is 1. The third-order valence-corrected chi connectivity index (χ3v) is 4.92. The van der Waals surface area contributed by atoms with Gasteiger partial charge in [0.05, 0.1) is 32.0 Å². The van der Waals surface area contributed by atoms with Crippen LogP contribution in [0.25, 0.3) is 0 Å². The Morgan fingerprint density at radius 3 is 2.28 bits per heavy atom. The van der Waals surface area contributed by atoms with Crippen LogP contribution < -0.4 is 20.2 Å². The summed E-state index contributed by atoms with van der Waals surface area (Å²) < 4.78 is 15.9. The lowest BCUT2D eigenvalue weighted by molar-refractivity contribution is -0.120. The lowest BCUT2D eigenvalue weighted by Crippen LogP contribution is -2.34. The van der Waals surface area contributed by atoms with E-state index in [2.05, 4.69) is 15.8 Å². The fraction of sp³-hybridized carbons (Fsp3) is 0.185. The van der Waals surface area contributed by atoms with Gasteiger partial charge in [0.1, 0.15) is 18.1 Å². The number of hydrogen-bond donors (Lipinski definition) is 2. The summed E-state index contributed by atoms with van der Waals surface area (Å²) in [5.41, 5.74) is 4.78. The maximum Gasteiger partial charge on any atom is 0.337 e. The molecule has 9 nitrogen and oxygen atoms in total. The summed E-state index contributed by atoms with van der Waals surface area (Å²) in [6.45, 7) is 2.45. The molecule has 0 fully saturated rings. The van der Waals surface area contributed by atoms with Crippen molar-refractivity contribution in [3.63, 3.8) is 0 Å². The first kappa shape index (κ1) is 26.0. The second kappa shape index (κ2) is 13.3. The number of hydrogen-bond acceptors (Lipinski definition) is 7. The largest absolute Gasteiger partial charge is 0.494 e. The quantitative estimate of drug-likeness (QED) is 0.243. The fourth-order valence-electron chi connectivity index (χ4n) is 3.08. The zero-order valence-electron chi connectivity index (χ0n) is 20.0. The smallest absolute Gasteiger partial charge is 0.337 e. The first-order valence-electron chi connectivity index (χ1n) is 11.2. The predicted molar refractivity (Wildman–Crippen MR) is 134 cm³/mol. The topological polar surface area (TPSA) is 115 Å². The Bertz CT molecular complexity index is 1210. The Morgan fingerprint density at radius 2 is 1.58 bits per heavy atom. The van der Waals surface area contributed by atoms with Crippen molar-refractivity contribution in [3.8, 4) is 11.5 Å². The van der Waals surface area contributed by atoms with Gasteiger partial charge in [-0.1, -0.05) is 24.3 Å². The average Bonchev–Trinajstić information content (AvgIpc) is 2.91. The maximum atomic E-state index is 12.2. The van der Waals surface area contributed by atoms with E-state index >= 15 is 0 Å². The lowest BCUT2D eigenvalue weighted by atomic mass is 10.1. The molecule has 0 heterocycles. The van der Waals surface area contributed by atoms with E-state index in [1.807, 2.05) is 19.1 Å². The second-order valence-corrected chi connectivity index (χ2v) is 7.45. The SMILES string of the molecule is CCOc1ccc(C(=O)NCC(=O)N/N=C\c2ccccc2OCc2ccc(C(=O)OC)cc2)cc1. The number of methoxy groups -OCH3 is 1. The van der Waals surface area contributed by atoms with Crippen molar-refractivity contribution in [2.75, 3.05) is 20.3 Å². The number of esters is 1. The van der Waals surface area contributed by atoms with Crippen LogP contribution in [0, 0.1) is 0 Å². The molecule has 3 aromatic carbocycles. The van der Waals surface area contributed by atoms with Gasteiger partial charge in [-0.15, -0.1) is 0 Å². The average molecular weight is 490 g/mol. The molecule has 0 aliphatic carbocycles. The summed E-state index contributed by atoms with van der Waals surface area (Å²) in [5.74, 6) is -0.0230. The third-order valence-electron chi connectivity index (χ3n) is 4.92. The molecule has 36 heavy (non-hydrogen) atoms. The highest BCUT2D eigenvalue weighted by atomic mass is 16.5. The van der Waals surface area contributed by atoms with Crippen molar-refractivity contribution in [1.29, 1.82) is 0 Å². The highest BCUT2D eigenvalue weighted by Gasteiger charge is 2.09. The molecule has 0 aliphatic rings. The Kier molecular flexibility index (Phi) is 9.58. The van der Waals surface area contributed by atoms with Crippen LogP contribution in [0.5, 0.6) is 11.5 Å². The van der Waals surface area contributed by atoms with Gasteiger partial charge in [0, 0.05) is 11.1 Å². The van der Waals surface area contributed by atoms with E-state index in [0.717, 1.165) is 5.56 Å². The van der Waals surface area contributed by atoms with Gasteiger partial charge in [-0.2, -0.15) is 5.10 Å². The number of nitrogens with zero attached hydrogens (tertiary/aromatic N) is 1. The van der Waals surface area contributed by atoms with Crippen molar-refractivity contribution in [2.24, 2.45) is 5.10 Å². The van der Waals surface area contributed by atoms with E-state index in [0.29, 0.717) is 34.8 Å². The third kappa shape index (κ3) is 7.69. The highest BCUT2D eigenvalue weighted by molar-refractivity contribution is 5.96. The molecule has 0 saturated heterocycles. The van der Waals surface area contributed by atoms with E-state index in [4.69, 9.17) is 14.2 Å². The molecule has 0 spiro atoms. The normalized spacial score (nSPS) is 10.5. The first-order chi connectivity index (χ1) is 17.5. The molecule has 0 saturated carbocycles. The zero-order chi connectivity index (χ0) is 25.8. The van der Waals surface area contributed by atoms with Gasteiger partial charge in [0.25, 0.3) is 11.8 Å². The molecule has 2 amide bonds. The molecule has 0 aliphatic heterocycles. The Balaban J connectivity index is 1.48. The highest BCUT2D eigenvalue weighted by Crippen LogP contribution is 2.18. The molecule has 3 rings (SSSR count). The monoisotopic (exact) mass is 489 g/mol. The predicted octanol–water partition coefficient (Wildman–Crippen LogP) is 3.33. The summed E-state index contributed by atoms with van der Waals surface area (Å²) in [4.78, 5) is 35.8. The molecule has 0 aromatic heterocycles. The van der Waals surface area contributed by atoms with Crippen LogP contribution in [0.2, 0.25) is 0 Å². The van der Waals surface area contributed by atoms with Crippen LogP contribution >= 0.6 is 0 Å². The summed E-state index contributed by atoms with van der Waals surface area (Å²) in [6.07, 6.45) is 1.46. The van der Waals surface area contributed by atoms with Crippen molar-refractivity contribution in [3.05, 3.63) is 95.1 Å². The molecule has 186 valence electrons. The first-order valence-corrected chi connectivity index (χ1v) is 11.2. The molecule has 0 bridgehead atoms. The number of carbonyl (C=O) groups is 3. The molecular formula is C27H27N3O6. The summed E-state index contributed by atoms with van der Waals surface area (Å²) in [7, 11) is 1.33. The van der Waals surface area contributed by atoms with Gasteiger partial charge in [-0.3, -0.25) is 9.59 Å². The van der Waals surface area contributed by atoms with Gasteiger partial charge in [0.15, 0.2) is 0 Å². The molecule has 0 unspecified atom stereocenters. The molecule has 3 aromatic rings. The van der Waals surface area contributed by atoms with Crippen LogP contribution in [-0.4, -0.2) is 44.3 Å². The van der Waals surface area contributed by atoms with Crippen LogP contribution in [0.4, 0.5) is 0 Å². The van der Waals surface area contributed by atoms with Crippen LogP contribution in [-0.2, 0) is 16.1 Å². The minimum atomic E-state index is -0.477. The zero-order valence-corrected chi connectivity index (χ0v) is 20.0. The van der Waals surface area contributed by atoms with Gasteiger partial charge in [0.2, 0.25) is 0 Å². The number of carbonyl (C=O) groups excluding carboxylic acids is 3. The van der Waals surface area contributed by atoms with E-state index in [1.54, 1.807) is 60.7 Å². The van der Waals surface area contributed by atoms with Crippen LogP contribution in [0.15, 0.2) is 77.9 Å². The van der Waals surface area contributed by atoms with Gasteiger partial charge in [-0.05, 0) is 61.0 Å². The van der Waals surface area contributed by atoms with E-state index in [9.17, 15) is 14.4 Å². The van der Waals surface area contributed by atoms with Crippen LogP contribution in [0.3, 0.4) is 0 Å². The number of ether oxygens (including phenoxy) is 3. The minimum Gasteiger partial charge on any atom is -0.494 e. The standard InChI is InChI=1S/C27H27N3O6/c1-3-35-23-14-12-20(13-15-23)26(32)28-17-25(31)30-29-16-22-6-4-5-7-24(22)36-18-19-8-10-21(11-9-19)27(33)34-2/h4-16H,3,17-18H2,1-2H3,(H,28,32)(H,30,31)/b29-16-. The summed E-state index contributed by atoms with van der Waals surface area (Å²) in [6, 6.07) is 20.8. The van der Waals surface area contributed by atoms with Crippen molar-refractivity contribution >= 4 is 24.0 Å². The molecule has 9 heteroatoms. The van der Waals surface area contributed by atoms with Gasteiger partial charge < -0.3 is 19.5 Å². The van der Waals surface area contributed by atoms with E-state index in [1.165, 1.54) is 13.3 Å². The Hall–Kier alpha value is -4.66. The van der Waals surface area contributed by atoms with Crippen molar-refractivity contribution in [2.45, 2.75) is 13.5 Å². The number of rotatable bonds is 11. The van der Waals surface area contributed by atoms with E-state index < -0.39 is 11.9 Å². The number of nitrogens with one attached hydrogen (secondary N) is 2. The molecular weight excluding hydrogens is 462 g/mol. The number of benzene rings is 3. The minimum absolute atomic E-state index is 0.233.